The summed E-state index contributed by atoms with van der Waals surface area (Å²) in [6.45, 7) is -0.500. The number of carbonyl (C=O) groups is 1. The second-order valence-electron chi connectivity index (χ2n) is 1.67. The van der Waals surface area contributed by atoms with Gasteiger partial charge >= 0.3 is 17.1 Å². The molecule has 0 aliphatic heterocycles. The van der Waals surface area contributed by atoms with Gasteiger partial charge in [-0.3, -0.25) is 0 Å². The van der Waals surface area contributed by atoms with E-state index in [0.29, 0.717) is 0 Å². The third kappa shape index (κ3) is 11.5. The Morgan fingerprint density at radius 3 is 1.78 bits per heavy atom. The Bertz CT molecular complexity index is 45.4. The van der Waals surface area contributed by atoms with E-state index in [1.54, 1.807) is 0 Å². The molecule has 1 saturated carbocycles. The first-order valence-corrected chi connectivity index (χ1v) is 2.79. The van der Waals surface area contributed by atoms with Crippen LogP contribution in [0.15, 0.2) is 0 Å². The number of carbonyl (C=O) groups excluding carboxylic acids is 1. The van der Waals surface area contributed by atoms with Crippen molar-refractivity contribution >= 4 is 6.47 Å². The van der Waals surface area contributed by atoms with Crippen molar-refractivity contribution in [1.82, 2.24) is 0 Å². The van der Waals surface area contributed by atoms with E-state index in [4.69, 9.17) is 9.90 Å². The molecule has 1 fully saturated rings. The van der Waals surface area contributed by atoms with Crippen molar-refractivity contribution in [3.63, 3.8) is 0 Å². The van der Waals surface area contributed by atoms with Crippen LogP contribution in [0.3, 0.4) is 0 Å². The molecule has 0 N–H and O–H groups in total. The predicted molar refractivity (Wildman–Crippen MR) is 28.8 cm³/mol. The van der Waals surface area contributed by atoms with Crippen molar-refractivity contribution in [2.24, 2.45) is 0 Å². The van der Waals surface area contributed by atoms with E-state index >= 15 is 0 Å². The summed E-state index contributed by atoms with van der Waals surface area (Å²) in [7, 11) is 0. The average Bonchev–Trinajstić information content (AvgIpc) is 2.17. The maximum absolute atomic E-state index is 8.25. The Morgan fingerprint density at radius 2 is 1.67 bits per heavy atom. The molecule has 1 aliphatic carbocycles. The van der Waals surface area contributed by atoms with E-state index in [0.717, 1.165) is 0 Å². The third-order valence-corrected chi connectivity index (χ3v) is 1.07. The fourth-order valence-corrected chi connectivity index (χ4v) is 0.722. The Labute approximate surface area is 66.1 Å². The van der Waals surface area contributed by atoms with Gasteiger partial charge in [0.1, 0.15) is 0 Å². The quantitative estimate of drug-likeness (QED) is 0.300. The van der Waals surface area contributed by atoms with Gasteiger partial charge in [-0.2, -0.15) is 12.8 Å². The fourth-order valence-electron chi connectivity index (χ4n) is 0.722. The molecule has 0 spiro atoms. The Kier molecular flexibility index (Phi) is 14.2. The van der Waals surface area contributed by atoms with Gasteiger partial charge in [-0.05, 0) is 0 Å². The zero-order valence-corrected chi connectivity index (χ0v) is 6.04. The van der Waals surface area contributed by atoms with Gasteiger partial charge in [0.15, 0.2) is 0 Å². The van der Waals surface area contributed by atoms with Crippen LogP contribution in [0.1, 0.15) is 25.7 Å². The normalized spacial score (nSPS) is 14.7. The second-order valence-corrected chi connectivity index (χ2v) is 1.67. The van der Waals surface area contributed by atoms with Crippen LogP contribution in [-0.4, -0.2) is 6.47 Å². The number of hydrogen-bond acceptors (Lipinski definition) is 2. The molecule has 1 rings (SSSR count). The maximum Gasteiger partial charge on any atom is 2.00 e. The molecular weight excluding hydrogens is 168 g/mol. The largest absolute Gasteiger partial charge is 2.00 e. The summed E-state index contributed by atoms with van der Waals surface area (Å²) in [5.41, 5.74) is 0. The molecule has 1 radical (unpaired) electrons. The number of hydrogen-bond donors (Lipinski definition) is 0. The van der Waals surface area contributed by atoms with E-state index < -0.39 is 6.47 Å². The van der Waals surface area contributed by atoms with Crippen molar-refractivity contribution in [3.05, 3.63) is 6.42 Å². The third-order valence-electron chi connectivity index (χ3n) is 1.07. The number of carboxylic acid groups (broad SMARTS) is 1. The van der Waals surface area contributed by atoms with Crippen LogP contribution in [0.4, 0.5) is 0 Å². The summed E-state index contributed by atoms with van der Waals surface area (Å²) in [5.74, 6) is 0. The molecule has 0 bridgehead atoms. The summed E-state index contributed by atoms with van der Waals surface area (Å²) in [6, 6.07) is 0. The summed E-state index contributed by atoms with van der Waals surface area (Å²) in [4.78, 5) is 8.25. The minimum absolute atomic E-state index is 0. The van der Waals surface area contributed by atoms with Crippen LogP contribution < -0.4 is 5.11 Å². The standard InChI is InChI=1S/C5H9.CH2O2.Cu/c1-2-4-5-3-1;2-1-3;/h1H,2-5H2;1H,(H,2,3);/q-1;;+2/p-1. The minimum atomic E-state index is -0.500. The molecule has 2 nitrogen and oxygen atoms in total. The van der Waals surface area contributed by atoms with Gasteiger partial charge in [0, 0.05) is 6.47 Å². The van der Waals surface area contributed by atoms with Crippen molar-refractivity contribution < 1.29 is 27.0 Å². The predicted octanol–water partition coefficient (Wildman–Crippen LogP) is 0.128. The molecule has 0 unspecified atom stereocenters. The van der Waals surface area contributed by atoms with Gasteiger partial charge in [-0.1, -0.05) is 12.8 Å². The van der Waals surface area contributed by atoms with E-state index in [-0.39, 0.29) is 17.1 Å². The van der Waals surface area contributed by atoms with Gasteiger partial charge in [-0.15, -0.1) is 0 Å². The molecule has 0 aromatic rings. The second kappa shape index (κ2) is 10.9. The van der Waals surface area contributed by atoms with Crippen molar-refractivity contribution in [3.8, 4) is 0 Å². The molecule has 57 valence electrons. The van der Waals surface area contributed by atoms with Gasteiger partial charge in [0.2, 0.25) is 0 Å². The van der Waals surface area contributed by atoms with E-state index in [2.05, 4.69) is 6.42 Å². The van der Waals surface area contributed by atoms with E-state index in [9.17, 15) is 0 Å². The van der Waals surface area contributed by atoms with Gasteiger partial charge in [0.25, 0.3) is 0 Å². The van der Waals surface area contributed by atoms with Gasteiger partial charge < -0.3 is 16.3 Å². The van der Waals surface area contributed by atoms with Crippen molar-refractivity contribution in [1.29, 1.82) is 0 Å². The molecule has 0 amide bonds. The fraction of sp³-hybridized carbons (Fsp3) is 0.667. The first kappa shape index (κ1) is 11.7. The smallest absolute Gasteiger partial charge is 0.554 e. The van der Waals surface area contributed by atoms with Crippen LogP contribution in [0.2, 0.25) is 0 Å². The molecular formula is C6H10CuO2. The Hall–Kier alpha value is -0.0105. The number of rotatable bonds is 0. The van der Waals surface area contributed by atoms with Crippen molar-refractivity contribution in [2.75, 3.05) is 0 Å². The van der Waals surface area contributed by atoms with Crippen LogP contribution >= 0.6 is 0 Å². The Balaban J connectivity index is 0. The molecule has 0 aromatic carbocycles. The van der Waals surface area contributed by atoms with Gasteiger partial charge in [-0.25, -0.2) is 0 Å². The monoisotopic (exact) mass is 177 g/mol. The van der Waals surface area contributed by atoms with Crippen molar-refractivity contribution in [2.45, 2.75) is 25.7 Å². The SMILES string of the molecule is O=C[O-].[CH-]1CCCC1.[Cu+2]. The molecule has 9 heavy (non-hydrogen) atoms. The summed E-state index contributed by atoms with van der Waals surface area (Å²) >= 11 is 0. The molecule has 0 aromatic heterocycles. The topological polar surface area (TPSA) is 40.1 Å². The summed E-state index contributed by atoms with van der Waals surface area (Å²) < 4.78 is 0. The molecule has 0 saturated heterocycles. The van der Waals surface area contributed by atoms with E-state index in [1.165, 1.54) is 25.7 Å². The molecule has 3 heteroatoms. The first-order chi connectivity index (χ1) is 3.91. The van der Waals surface area contributed by atoms with Gasteiger partial charge in [0.05, 0.1) is 0 Å². The molecule has 0 heterocycles. The zero-order chi connectivity index (χ0) is 6.24. The van der Waals surface area contributed by atoms with Crippen LogP contribution in [0.25, 0.3) is 0 Å². The average molecular weight is 178 g/mol. The molecule has 1 aliphatic rings. The minimum Gasteiger partial charge on any atom is -0.554 e. The zero-order valence-electron chi connectivity index (χ0n) is 5.10. The Morgan fingerprint density at radius 1 is 1.33 bits per heavy atom. The van der Waals surface area contributed by atoms with Crippen LogP contribution in [0, 0.1) is 6.42 Å². The maximum atomic E-state index is 8.25. The first-order valence-electron chi connectivity index (χ1n) is 2.79. The van der Waals surface area contributed by atoms with Crippen LogP contribution in [0.5, 0.6) is 0 Å². The molecule has 0 atom stereocenters. The summed E-state index contributed by atoms with van der Waals surface area (Å²) in [5, 5.41) is 8.25. The summed E-state index contributed by atoms with van der Waals surface area (Å²) in [6.07, 6.45) is 8.00. The van der Waals surface area contributed by atoms with Crippen LogP contribution in [-0.2, 0) is 21.9 Å². The van der Waals surface area contributed by atoms with E-state index in [1.807, 2.05) is 0 Å².